The summed E-state index contributed by atoms with van der Waals surface area (Å²) in [7, 11) is 0. The van der Waals surface area contributed by atoms with Crippen LogP contribution >= 0.6 is 0 Å². The van der Waals surface area contributed by atoms with E-state index >= 15 is 0 Å². The predicted molar refractivity (Wildman–Crippen MR) is 97.9 cm³/mol. The molecule has 1 amide bonds. The third-order valence-corrected chi connectivity index (χ3v) is 5.71. The molecular formula is C20H41NO. The summed E-state index contributed by atoms with van der Waals surface area (Å²) in [6.45, 7) is 17.9. The molecule has 0 heterocycles. The molecule has 0 rings (SSSR count). The molecule has 0 aliphatic carbocycles. The highest BCUT2D eigenvalue weighted by atomic mass is 16.1. The highest BCUT2D eigenvalue weighted by Crippen LogP contribution is 2.35. The first-order chi connectivity index (χ1) is 10.1. The van der Waals surface area contributed by atoms with E-state index in [9.17, 15) is 4.79 Å². The molecule has 0 fully saturated rings. The molecule has 0 aromatic heterocycles. The Kier molecular flexibility index (Phi) is 10.0. The highest BCUT2D eigenvalue weighted by Gasteiger charge is 2.26. The molecule has 0 aromatic carbocycles. The van der Waals surface area contributed by atoms with Crippen molar-refractivity contribution in [1.82, 2.24) is 5.32 Å². The summed E-state index contributed by atoms with van der Waals surface area (Å²) in [5.74, 6) is 2.30. The summed E-state index contributed by atoms with van der Waals surface area (Å²) in [6.07, 6.45) is 7.15. The average molecular weight is 312 g/mol. The molecule has 2 heteroatoms. The predicted octanol–water partition coefficient (Wildman–Crippen LogP) is 5.81. The van der Waals surface area contributed by atoms with Gasteiger partial charge in [0.2, 0.25) is 5.91 Å². The third kappa shape index (κ3) is 8.80. The van der Waals surface area contributed by atoms with Gasteiger partial charge >= 0.3 is 0 Å². The monoisotopic (exact) mass is 311 g/mol. The van der Waals surface area contributed by atoms with Crippen molar-refractivity contribution in [3.8, 4) is 0 Å². The Morgan fingerprint density at radius 2 is 1.59 bits per heavy atom. The lowest BCUT2D eigenvalue weighted by Crippen LogP contribution is -2.35. The Morgan fingerprint density at radius 1 is 1.00 bits per heavy atom. The van der Waals surface area contributed by atoms with Gasteiger partial charge in [0.25, 0.3) is 0 Å². The van der Waals surface area contributed by atoms with Gasteiger partial charge in [-0.2, -0.15) is 0 Å². The Hall–Kier alpha value is -0.530. The van der Waals surface area contributed by atoms with Crippen LogP contribution in [0.2, 0.25) is 0 Å². The van der Waals surface area contributed by atoms with Crippen LogP contribution in [0.25, 0.3) is 0 Å². The molecule has 0 spiro atoms. The van der Waals surface area contributed by atoms with Crippen molar-refractivity contribution >= 4 is 5.91 Å². The lowest BCUT2D eigenvalue weighted by Gasteiger charge is -2.33. The molecule has 2 nitrogen and oxygen atoms in total. The first-order valence-corrected chi connectivity index (χ1v) is 9.37. The normalized spacial score (nSPS) is 16.4. The van der Waals surface area contributed by atoms with Gasteiger partial charge in [-0.05, 0) is 48.9 Å². The van der Waals surface area contributed by atoms with Crippen LogP contribution in [0.3, 0.4) is 0 Å². The third-order valence-electron chi connectivity index (χ3n) is 5.71. The molecule has 0 saturated heterocycles. The number of nitrogens with one attached hydrogen (secondary N) is 1. The summed E-state index contributed by atoms with van der Waals surface area (Å²) in [5, 5.41) is 3.18. The van der Waals surface area contributed by atoms with E-state index in [0.29, 0.717) is 11.5 Å². The van der Waals surface area contributed by atoms with Gasteiger partial charge in [0.05, 0.1) is 0 Å². The zero-order valence-electron chi connectivity index (χ0n) is 16.5. The fraction of sp³-hybridized carbons (Fsp3) is 0.950. The molecule has 132 valence electrons. The number of rotatable bonds is 11. The second-order valence-corrected chi connectivity index (χ2v) is 8.41. The zero-order chi connectivity index (χ0) is 17.3. The van der Waals surface area contributed by atoms with Gasteiger partial charge in [0.1, 0.15) is 0 Å². The van der Waals surface area contributed by atoms with Gasteiger partial charge in [-0.1, -0.05) is 61.3 Å². The van der Waals surface area contributed by atoms with E-state index in [2.05, 4.69) is 53.8 Å². The van der Waals surface area contributed by atoms with E-state index < -0.39 is 0 Å². The summed E-state index contributed by atoms with van der Waals surface area (Å²) < 4.78 is 0. The molecule has 0 aromatic rings. The lowest BCUT2D eigenvalue weighted by atomic mass is 9.73. The smallest absolute Gasteiger partial charge is 0.217 e. The van der Waals surface area contributed by atoms with Crippen LogP contribution in [0.15, 0.2) is 0 Å². The largest absolute Gasteiger partial charge is 0.354 e. The van der Waals surface area contributed by atoms with Gasteiger partial charge in [-0.25, -0.2) is 0 Å². The number of amides is 1. The molecule has 0 saturated carbocycles. The molecule has 0 radical (unpaired) electrons. The van der Waals surface area contributed by atoms with Crippen molar-refractivity contribution in [3.05, 3.63) is 0 Å². The summed E-state index contributed by atoms with van der Waals surface area (Å²) >= 11 is 0. The van der Waals surface area contributed by atoms with Crippen molar-refractivity contribution in [2.75, 3.05) is 0 Å². The average Bonchev–Trinajstić information content (AvgIpc) is 2.41. The van der Waals surface area contributed by atoms with Gasteiger partial charge in [-0.15, -0.1) is 0 Å². The summed E-state index contributed by atoms with van der Waals surface area (Å²) in [6, 6.07) is 0.340. The highest BCUT2D eigenvalue weighted by molar-refractivity contribution is 5.73. The van der Waals surface area contributed by atoms with Gasteiger partial charge in [-0.3, -0.25) is 4.79 Å². The number of carbonyl (C=O) groups is 1. The van der Waals surface area contributed by atoms with E-state index in [1.165, 1.54) is 25.7 Å². The molecule has 0 aliphatic heterocycles. The minimum absolute atomic E-state index is 0.113. The van der Waals surface area contributed by atoms with Crippen LogP contribution in [0, 0.1) is 23.2 Å². The Balaban J connectivity index is 4.49. The van der Waals surface area contributed by atoms with Crippen molar-refractivity contribution in [2.24, 2.45) is 23.2 Å². The summed E-state index contributed by atoms with van der Waals surface area (Å²) in [5.41, 5.74) is 0.358. The number of hydrogen-bond donors (Lipinski definition) is 1. The number of hydrogen-bond acceptors (Lipinski definition) is 1. The first-order valence-electron chi connectivity index (χ1n) is 9.37. The SMILES string of the molecule is CCCC(C)C(C)(C)CCC(CCC(C)C(C)C)NC(C)=O. The maximum absolute atomic E-state index is 11.5. The summed E-state index contributed by atoms with van der Waals surface area (Å²) in [4.78, 5) is 11.5. The van der Waals surface area contributed by atoms with E-state index in [4.69, 9.17) is 0 Å². The Bertz CT molecular complexity index is 309. The van der Waals surface area contributed by atoms with E-state index in [1.54, 1.807) is 6.92 Å². The fourth-order valence-electron chi connectivity index (χ4n) is 2.99. The minimum Gasteiger partial charge on any atom is -0.354 e. The van der Waals surface area contributed by atoms with Crippen LogP contribution < -0.4 is 5.32 Å². The quantitative estimate of drug-likeness (QED) is 0.513. The van der Waals surface area contributed by atoms with Gasteiger partial charge in [0, 0.05) is 13.0 Å². The van der Waals surface area contributed by atoms with Crippen molar-refractivity contribution < 1.29 is 4.79 Å². The molecular weight excluding hydrogens is 270 g/mol. The van der Waals surface area contributed by atoms with E-state index in [-0.39, 0.29) is 5.91 Å². The van der Waals surface area contributed by atoms with Crippen molar-refractivity contribution in [2.45, 2.75) is 100.0 Å². The molecule has 3 atom stereocenters. The topological polar surface area (TPSA) is 29.1 Å². The molecule has 1 N–H and O–H groups in total. The second kappa shape index (κ2) is 10.3. The van der Waals surface area contributed by atoms with Crippen molar-refractivity contribution in [1.29, 1.82) is 0 Å². The first kappa shape index (κ1) is 21.5. The maximum Gasteiger partial charge on any atom is 0.217 e. The van der Waals surface area contributed by atoms with Crippen LogP contribution in [-0.2, 0) is 4.79 Å². The van der Waals surface area contributed by atoms with E-state index in [1.807, 2.05) is 0 Å². The Morgan fingerprint density at radius 3 is 2.05 bits per heavy atom. The van der Waals surface area contributed by atoms with Crippen LogP contribution in [-0.4, -0.2) is 11.9 Å². The number of carbonyl (C=O) groups excluding carboxylic acids is 1. The van der Waals surface area contributed by atoms with Crippen LogP contribution in [0.1, 0.15) is 93.9 Å². The van der Waals surface area contributed by atoms with E-state index in [0.717, 1.165) is 30.6 Å². The van der Waals surface area contributed by atoms with Crippen molar-refractivity contribution in [3.63, 3.8) is 0 Å². The maximum atomic E-state index is 11.5. The standard InChI is InChI=1S/C20H41NO/c1-9-10-17(5)20(7,8)14-13-19(21-18(6)22)12-11-16(4)15(2)3/h15-17,19H,9-14H2,1-8H3,(H,21,22). The molecule has 0 bridgehead atoms. The fourth-order valence-corrected chi connectivity index (χ4v) is 2.99. The van der Waals surface area contributed by atoms with Gasteiger partial charge in [0.15, 0.2) is 0 Å². The second-order valence-electron chi connectivity index (χ2n) is 8.41. The zero-order valence-corrected chi connectivity index (χ0v) is 16.5. The molecule has 22 heavy (non-hydrogen) atoms. The van der Waals surface area contributed by atoms with Crippen LogP contribution in [0.4, 0.5) is 0 Å². The minimum atomic E-state index is 0.113. The van der Waals surface area contributed by atoms with Gasteiger partial charge < -0.3 is 5.32 Å². The molecule has 3 unspecified atom stereocenters. The lowest BCUT2D eigenvalue weighted by molar-refractivity contribution is -0.119. The molecule has 0 aliphatic rings. The Labute approximate surface area is 139 Å². The van der Waals surface area contributed by atoms with Crippen LogP contribution in [0.5, 0.6) is 0 Å².